The Morgan fingerprint density at radius 2 is 2.18 bits per heavy atom. The molecule has 0 spiro atoms. The number of aldehydes is 1. The highest BCUT2D eigenvalue weighted by molar-refractivity contribution is 5.78. The molecule has 92 valence electrons. The summed E-state index contributed by atoms with van der Waals surface area (Å²) in [4.78, 5) is 11.1. The van der Waals surface area contributed by atoms with Gasteiger partial charge in [0, 0.05) is 5.56 Å². The number of rotatable bonds is 4. The van der Waals surface area contributed by atoms with Crippen molar-refractivity contribution < 1.29 is 9.53 Å². The van der Waals surface area contributed by atoms with Crippen molar-refractivity contribution >= 4 is 6.29 Å². The van der Waals surface area contributed by atoms with Crippen LogP contribution in [0.3, 0.4) is 0 Å². The first-order chi connectivity index (χ1) is 8.33. The quantitative estimate of drug-likeness (QED) is 0.809. The van der Waals surface area contributed by atoms with E-state index in [2.05, 4.69) is 5.32 Å². The van der Waals surface area contributed by atoms with E-state index in [0.29, 0.717) is 5.92 Å². The largest absolute Gasteiger partial charge is 0.497 e. The number of hydrogen-bond acceptors (Lipinski definition) is 3. The van der Waals surface area contributed by atoms with Gasteiger partial charge in [-0.25, -0.2) is 0 Å². The molecule has 1 saturated heterocycles. The Bertz CT molecular complexity index is 384. The number of ether oxygens (including phenoxy) is 1. The molecule has 1 aliphatic heterocycles. The Morgan fingerprint density at radius 1 is 1.41 bits per heavy atom. The minimum atomic E-state index is 0.698. The first-order valence-corrected chi connectivity index (χ1v) is 6.16. The number of nitrogens with one attached hydrogen (secondary N) is 1. The zero-order valence-electron chi connectivity index (χ0n) is 10.2. The van der Waals surface area contributed by atoms with Gasteiger partial charge in [0.25, 0.3) is 0 Å². The van der Waals surface area contributed by atoms with Crippen LogP contribution < -0.4 is 10.1 Å². The van der Waals surface area contributed by atoms with Crippen LogP contribution in [-0.4, -0.2) is 26.5 Å². The third-order valence-electron chi connectivity index (χ3n) is 3.45. The van der Waals surface area contributed by atoms with E-state index >= 15 is 0 Å². The number of benzene rings is 1. The monoisotopic (exact) mass is 233 g/mol. The summed E-state index contributed by atoms with van der Waals surface area (Å²) in [5.41, 5.74) is 1.91. The van der Waals surface area contributed by atoms with Crippen molar-refractivity contribution in [1.82, 2.24) is 5.32 Å². The van der Waals surface area contributed by atoms with Gasteiger partial charge in [-0.3, -0.25) is 4.79 Å². The van der Waals surface area contributed by atoms with Gasteiger partial charge in [-0.1, -0.05) is 6.07 Å². The lowest BCUT2D eigenvalue weighted by atomic mass is 9.89. The summed E-state index contributed by atoms with van der Waals surface area (Å²) < 4.78 is 5.13. The van der Waals surface area contributed by atoms with Gasteiger partial charge in [0.15, 0.2) is 0 Å². The summed E-state index contributed by atoms with van der Waals surface area (Å²) >= 11 is 0. The number of methoxy groups -OCH3 is 1. The van der Waals surface area contributed by atoms with Crippen LogP contribution in [0.2, 0.25) is 0 Å². The minimum Gasteiger partial charge on any atom is -0.497 e. The Balaban J connectivity index is 2.11. The maximum Gasteiger partial charge on any atom is 0.150 e. The summed E-state index contributed by atoms with van der Waals surface area (Å²) in [6.07, 6.45) is 4.33. The number of hydrogen-bond donors (Lipinski definition) is 1. The normalized spacial score (nSPS) is 16.8. The van der Waals surface area contributed by atoms with E-state index < -0.39 is 0 Å². The standard InChI is InChI=1S/C14H19NO2/c1-17-14-3-2-12(13(9-14)10-16)8-11-4-6-15-7-5-11/h2-3,9-11,15H,4-8H2,1H3. The van der Waals surface area contributed by atoms with Gasteiger partial charge >= 0.3 is 0 Å². The summed E-state index contributed by atoms with van der Waals surface area (Å²) in [7, 11) is 1.62. The fraction of sp³-hybridized carbons (Fsp3) is 0.500. The predicted octanol–water partition coefficient (Wildman–Crippen LogP) is 2.05. The third kappa shape index (κ3) is 3.07. The second-order valence-electron chi connectivity index (χ2n) is 4.58. The number of carbonyl (C=O) groups is 1. The van der Waals surface area contributed by atoms with Crippen molar-refractivity contribution in [2.75, 3.05) is 20.2 Å². The van der Waals surface area contributed by atoms with Gasteiger partial charge in [0.1, 0.15) is 12.0 Å². The zero-order valence-corrected chi connectivity index (χ0v) is 10.2. The second-order valence-corrected chi connectivity index (χ2v) is 4.58. The molecule has 17 heavy (non-hydrogen) atoms. The average Bonchev–Trinajstić information content (AvgIpc) is 2.40. The lowest BCUT2D eigenvalue weighted by Crippen LogP contribution is -2.28. The summed E-state index contributed by atoms with van der Waals surface area (Å²) in [5.74, 6) is 1.45. The van der Waals surface area contributed by atoms with E-state index in [-0.39, 0.29) is 0 Å². The highest BCUT2D eigenvalue weighted by atomic mass is 16.5. The van der Waals surface area contributed by atoms with E-state index in [1.807, 2.05) is 18.2 Å². The lowest BCUT2D eigenvalue weighted by molar-refractivity contribution is 0.112. The van der Waals surface area contributed by atoms with Crippen LogP contribution in [0, 0.1) is 5.92 Å². The van der Waals surface area contributed by atoms with Gasteiger partial charge < -0.3 is 10.1 Å². The molecule has 0 aliphatic carbocycles. The van der Waals surface area contributed by atoms with E-state index in [9.17, 15) is 4.79 Å². The average molecular weight is 233 g/mol. The molecule has 1 N–H and O–H groups in total. The second kappa shape index (κ2) is 5.82. The molecule has 1 heterocycles. The molecule has 0 bridgehead atoms. The topological polar surface area (TPSA) is 38.3 Å². The van der Waals surface area contributed by atoms with Crippen LogP contribution >= 0.6 is 0 Å². The van der Waals surface area contributed by atoms with Crippen molar-refractivity contribution in [1.29, 1.82) is 0 Å². The SMILES string of the molecule is COc1ccc(CC2CCNCC2)c(C=O)c1. The molecule has 1 fully saturated rings. The van der Waals surface area contributed by atoms with Crippen LogP contribution in [0.15, 0.2) is 18.2 Å². The molecule has 0 amide bonds. The van der Waals surface area contributed by atoms with E-state index in [1.165, 1.54) is 12.8 Å². The maximum atomic E-state index is 11.1. The van der Waals surface area contributed by atoms with Crippen LogP contribution in [0.1, 0.15) is 28.8 Å². The smallest absolute Gasteiger partial charge is 0.150 e. The Hall–Kier alpha value is -1.35. The van der Waals surface area contributed by atoms with Crippen LogP contribution in [0.5, 0.6) is 5.75 Å². The Kier molecular flexibility index (Phi) is 4.15. The molecule has 0 radical (unpaired) electrons. The minimum absolute atomic E-state index is 0.698. The molecule has 1 aliphatic rings. The Labute approximate surface area is 102 Å². The van der Waals surface area contributed by atoms with Crippen LogP contribution in [-0.2, 0) is 6.42 Å². The van der Waals surface area contributed by atoms with Gasteiger partial charge in [-0.05, 0) is 56.0 Å². The molecule has 0 unspecified atom stereocenters. The van der Waals surface area contributed by atoms with Crippen LogP contribution in [0.4, 0.5) is 0 Å². The molecule has 3 heteroatoms. The van der Waals surface area contributed by atoms with Crippen LogP contribution in [0.25, 0.3) is 0 Å². The highest BCUT2D eigenvalue weighted by Gasteiger charge is 2.15. The Morgan fingerprint density at radius 3 is 2.82 bits per heavy atom. The first-order valence-electron chi connectivity index (χ1n) is 6.16. The molecule has 1 aromatic carbocycles. The van der Waals surface area contributed by atoms with Crippen molar-refractivity contribution in [3.63, 3.8) is 0 Å². The van der Waals surface area contributed by atoms with Crippen molar-refractivity contribution in [2.24, 2.45) is 5.92 Å². The van der Waals surface area contributed by atoms with Gasteiger partial charge in [0.05, 0.1) is 7.11 Å². The van der Waals surface area contributed by atoms with E-state index in [0.717, 1.165) is 42.7 Å². The molecule has 3 nitrogen and oxygen atoms in total. The first kappa shape index (κ1) is 12.1. The number of piperidine rings is 1. The molecular formula is C14H19NO2. The fourth-order valence-electron chi connectivity index (χ4n) is 2.39. The molecular weight excluding hydrogens is 214 g/mol. The van der Waals surface area contributed by atoms with Crippen molar-refractivity contribution in [3.05, 3.63) is 29.3 Å². The fourth-order valence-corrected chi connectivity index (χ4v) is 2.39. The summed E-state index contributed by atoms with van der Waals surface area (Å²) in [6.45, 7) is 2.19. The molecule has 0 saturated carbocycles. The summed E-state index contributed by atoms with van der Waals surface area (Å²) in [5, 5.41) is 3.36. The highest BCUT2D eigenvalue weighted by Crippen LogP contribution is 2.22. The van der Waals surface area contributed by atoms with E-state index in [4.69, 9.17) is 4.74 Å². The van der Waals surface area contributed by atoms with Gasteiger partial charge in [-0.15, -0.1) is 0 Å². The van der Waals surface area contributed by atoms with E-state index in [1.54, 1.807) is 7.11 Å². The predicted molar refractivity (Wildman–Crippen MR) is 67.7 cm³/mol. The maximum absolute atomic E-state index is 11.1. The molecule has 2 rings (SSSR count). The summed E-state index contributed by atoms with van der Waals surface area (Å²) in [6, 6.07) is 5.78. The molecule has 1 aromatic rings. The van der Waals surface area contributed by atoms with Gasteiger partial charge in [0.2, 0.25) is 0 Å². The third-order valence-corrected chi connectivity index (χ3v) is 3.45. The van der Waals surface area contributed by atoms with Crippen molar-refractivity contribution in [2.45, 2.75) is 19.3 Å². The molecule has 0 atom stereocenters. The molecule has 0 aromatic heterocycles. The van der Waals surface area contributed by atoms with Gasteiger partial charge in [-0.2, -0.15) is 0 Å². The van der Waals surface area contributed by atoms with Crippen molar-refractivity contribution in [3.8, 4) is 5.75 Å². The lowest BCUT2D eigenvalue weighted by Gasteiger charge is -2.23. The number of carbonyl (C=O) groups excluding carboxylic acids is 1. The zero-order chi connectivity index (χ0) is 12.1.